The first-order valence-corrected chi connectivity index (χ1v) is 3.08. The van der Waals surface area contributed by atoms with Gasteiger partial charge in [0.25, 0.3) is 5.71 Å². The van der Waals surface area contributed by atoms with Gasteiger partial charge in [-0.3, -0.25) is 0 Å². The predicted molar refractivity (Wildman–Crippen MR) is 39.3 cm³/mol. The molecule has 2 aromatic rings. The number of ether oxygens (including phenoxy) is 1. The second-order valence-electron chi connectivity index (χ2n) is 2.08. The van der Waals surface area contributed by atoms with Gasteiger partial charge in [-0.2, -0.15) is 0 Å². The summed E-state index contributed by atoms with van der Waals surface area (Å²) in [5.41, 5.74) is 6.63. The van der Waals surface area contributed by atoms with E-state index in [2.05, 4.69) is 9.97 Å². The zero-order valence-electron chi connectivity index (χ0n) is 5.92. The number of aromatic nitrogens is 2. The number of nitrogens with one attached hydrogen (secondary N) is 1. The standard InChI is InChI=1S/C6H7N3O2/c1-10-4-3-6(9-2-8-3)11-5(4)7/h2H,7H2,1H3,(H,8,9). The highest BCUT2D eigenvalue weighted by molar-refractivity contribution is 5.82. The summed E-state index contributed by atoms with van der Waals surface area (Å²) in [6.45, 7) is 0. The van der Waals surface area contributed by atoms with Crippen LogP contribution < -0.4 is 10.5 Å². The Morgan fingerprint density at radius 3 is 3.27 bits per heavy atom. The molecule has 0 aliphatic rings. The molecular formula is C6H7N3O2. The number of nitrogens with two attached hydrogens (primary N) is 1. The molecule has 0 amide bonds. The van der Waals surface area contributed by atoms with Gasteiger partial charge in [0.05, 0.1) is 13.4 Å². The number of methoxy groups -OCH3 is 1. The molecule has 2 rings (SSSR count). The van der Waals surface area contributed by atoms with Gasteiger partial charge in [0.15, 0.2) is 5.52 Å². The summed E-state index contributed by atoms with van der Waals surface area (Å²) in [4.78, 5) is 6.72. The van der Waals surface area contributed by atoms with Gasteiger partial charge < -0.3 is 19.9 Å². The van der Waals surface area contributed by atoms with E-state index in [1.54, 1.807) is 0 Å². The van der Waals surface area contributed by atoms with Gasteiger partial charge >= 0.3 is 0 Å². The van der Waals surface area contributed by atoms with E-state index in [1.807, 2.05) is 0 Å². The maximum Gasteiger partial charge on any atom is 0.250 e. The second-order valence-corrected chi connectivity index (χ2v) is 2.08. The quantitative estimate of drug-likeness (QED) is 0.633. The Kier molecular flexibility index (Phi) is 1.06. The lowest BCUT2D eigenvalue weighted by atomic mass is 10.5. The third-order valence-electron chi connectivity index (χ3n) is 1.47. The van der Waals surface area contributed by atoms with E-state index in [9.17, 15) is 0 Å². The van der Waals surface area contributed by atoms with Gasteiger partial charge in [-0.1, -0.05) is 0 Å². The van der Waals surface area contributed by atoms with E-state index >= 15 is 0 Å². The van der Waals surface area contributed by atoms with Gasteiger partial charge in [-0.05, 0) is 0 Å². The Bertz CT molecular complexity index is 376. The van der Waals surface area contributed by atoms with Crippen LogP contribution in [0, 0.1) is 0 Å². The number of nitrogens with zero attached hydrogens (tertiary/aromatic N) is 1. The molecule has 0 fully saturated rings. The molecule has 0 spiro atoms. The Morgan fingerprint density at radius 1 is 1.73 bits per heavy atom. The van der Waals surface area contributed by atoms with Crippen molar-refractivity contribution in [2.45, 2.75) is 0 Å². The highest BCUT2D eigenvalue weighted by Crippen LogP contribution is 2.31. The average molecular weight is 153 g/mol. The van der Waals surface area contributed by atoms with Crippen LogP contribution in [-0.4, -0.2) is 17.1 Å². The summed E-state index contributed by atoms with van der Waals surface area (Å²) in [5, 5.41) is 0. The zero-order chi connectivity index (χ0) is 7.84. The fraction of sp³-hybridized carbons (Fsp3) is 0.167. The summed E-state index contributed by atoms with van der Waals surface area (Å²) >= 11 is 0. The van der Waals surface area contributed by atoms with Gasteiger partial charge in [-0.25, -0.2) is 4.98 Å². The van der Waals surface area contributed by atoms with Crippen molar-refractivity contribution < 1.29 is 9.15 Å². The fourth-order valence-corrected chi connectivity index (χ4v) is 0.998. The summed E-state index contributed by atoms with van der Waals surface area (Å²) in [5.74, 6) is 0.763. The number of aromatic amines is 1. The van der Waals surface area contributed by atoms with E-state index in [0.717, 1.165) is 0 Å². The summed E-state index contributed by atoms with van der Waals surface area (Å²) in [6, 6.07) is 0. The smallest absolute Gasteiger partial charge is 0.250 e. The molecule has 5 nitrogen and oxygen atoms in total. The van der Waals surface area contributed by atoms with Gasteiger partial charge in [0, 0.05) is 0 Å². The molecule has 0 aliphatic heterocycles. The first kappa shape index (κ1) is 6.09. The minimum atomic E-state index is 0.252. The predicted octanol–water partition coefficient (Wildman–Crippen LogP) is 0.747. The molecule has 3 N–H and O–H groups in total. The lowest BCUT2D eigenvalue weighted by Crippen LogP contribution is -1.87. The third-order valence-corrected chi connectivity index (χ3v) is 1.47. The van der Waals surface area contributed by atoms with E-state index in [-0.39, 0.29) is 5.88 Å². The molecule has 0 unspecified atom stereocenters. The van der Waals surface area contributed by atoms with Gasteiger partial charge in [-0.15, -0.1) is 0 Å². The van der Waals surface area contributed by atoms with Crippen molar-refractivity contribution in [3.63, 3.8) is 0 Å². The largest absolute Gasteiger partial charge is 0.490 e. The number of anilines is 1. The molecule has 0 saturated carbocycles. The van der Waals surface area contributed by atoms with Crippen molar-refractivity contribution in [3.05, 3.63) is 6.33 Å². The average Bonchev–Trinajstić information content (AvgIpc) is 2.46. The van der Waals surface area contributed by atoms with Crippen LogP contribution in [-0.2, 0) is 0 Å². The number of hydrogen-bond acceptors (Lipinski definition) is 4. The van der Waals surface area contributed by atoms with E-state index < -0.39 is 0 Å². The molecule has 0 aliphatic carbocycles. The number of rotatable bonds is 1. The van der Waals surface area contributed by atoms with Crippen molar-refractivity contribution in [1.82, 2.24) is 9.97 Å². The van der Waals surface area contributed by atoms with Crippen molar-refractivity contribution in [2.24, 2.45) is 0 Å². The van der Waals surface area contributed by atoms with Crippen LogP contribution >= 0.6 is 0 Å². The topological polar surface area (TPSA) is 77.1 Å². The Balaban J connectivity index is 2.80. The van der Waals surface area contributed by atoms with E-state index in [1.165, 1.54) is 13.4 Å². The Morgan fingerprint density at radius 2 is 2.55 bits per heavy atom. The van der Waals surface area contributed by atoms with E-state index in [4.69, 9.17) is 14.9 Å². The Hall–Kier alpha value is -1.65. The number of hydrogen-bond donors (Lipinski definition) is 2. The first-order valence-electron chi connectivity index (χ1n) is 3.08. The first-order chi connectivity index (χ1) is 5.33. The summed E-state index contributed by atoms with van der Waals surface area (Å²) in [6.07, 6.45) is 1.52. The summed E-state index contributed by atoms with van der Waals surface area (Å²) in [7, 11) is 1.53. The van der Waals surface area contributed by atoms with Crippen LogP contribution in [0.2, 0.25) is 0 Å². The molecular weight excluding hydrogens is 146 g/mol. The number of fused-ring (bicyclic) bond motifs is 1. The van der Waals surface area contributed by atoms with Crippen LogP contribution in [0.5, 0.6) is 5.75 Å². The monoisotopic (exact) mass is 153 g/mol. The zero-order valence-corrected chi connectivity index (χ0v) is 5.92. The Labute approximate surface area is 62.2 Å². The van der Waals surface area contributed by atoms with Crippen molar-refractivity contribution in [3.8, 4) is 5.75 Å². The molecule has 58 valence electrons. The van der Waals surface area contributed by atoms with Crippen LogP contribution in [0.25, 0.3) is 11.2 Å². The van der Waals surface area contributed by atoms with Crippen molar-refractivity contribution >= 4 is 17.1 Å². The van der Waals surface area contributed by atoms with Gasteiger partial charge in [0.2, 0.25) is 11.6 Å². The third kappa shape index (κ3) is 0.674. The number of H-pyrrole nitrogens is 1. The van der Waals surface area contributed by atoms with Crippen LogP contribution in [0.15, 0.2) is 10.7 Å². The molecule has 0 saturated heterocycles. The molecule has 0 aromatic carbocycles. The maximum atomic E-state index is 5.46. The van der Waals surface area contributed by atoms with Crippen molar-refractivity contribution in [1.29, 1.82) is 0 Å². The SMILES string of the molecule is COc1c(N)oc2nc[nH]c12. The molecule has 0 atom stereocenters. The van der Waals surface area contributed by atoms with Crippen molar-refractivity contribution in [2.75, 3.05) is 12.8 Å². The molecule has 11 heavy (non-hydrogen) atoms. The molecule has 0 bridgehead atoms. The number of imidazole rings is 1. The van der Waals surface area contributed by atoms with E-state index in [0.29, 0.717) is 17.0 Å². The lowest BCUT2D eigenvalue weighted by Gasteiger charge is -1.92. The van der Waals surface area contributed by atoms with Crippen LogP contribution in [0.3, 0.4) is 0 Å². The number of nitrogen functional groups attached to an aromatic ring is 1. The lowest BCUT2D eigenvalue weighted by molar-refractivity contribution is 0.414. The summed E-state index contributed by atoms with van der Waals surface area (Å²) < 4.78 is 10.0. The molecule has 2 aromatic heterocycles. The fourth-order valence-electron chi connectivity index (χ4n) is 0.998. The molecule has 0 radical (unpaired) electrons. The second kappa shape index (κ2) is 1.91. The molecule has 5 heteroatoms. The highest BCUT2D eigenvalue weighted by atomic mass is 16.5. The minimum Gasteiger partial charge on any atom is -0.490 e. The number of furan rings is 1. The normalized spacial score (nSPS) is 10.6. The van der Waals surface area contributed by atoms with Crippen LogP contribution in [0.4, 0.5) is 5.88 Å². The molecule has 2 heterocycles. The van der Waals surface area contributed by atoms with Gasteiger partial charge in [0.1, 0.15) is 0 Å². The highest BCUT2D eigenvalue weighted by Gasteiger charge is 2.13. The minimum absolute atomic E-state index is 0.252. The van der Waals surface area contributed by atoms with Crippen LogP contribution in [0.1, 0.15) is 0 Å². The maximum absolute atomic E-state index is 5.46.